The third kappa shape index (κ3) is 1.62. The van der Waals surface area contributed by atoms with E-state index in [2.05, 4.69) is 12.6 Å². The van der Waals surface area contributed by atoms with E-state index in [4.69, 9.17) is 4.42 Å². The van der Waals surface area contributed by atoms with Crippen LogP contribution in [0.2, 0.25) is 0 Å². The maximum atomic E-state index is 12.5. The van der Waals surface area contributed by atoms with E-state index in [1.165, 1.54) is 11.0 Å². The number of nitrogens with zero attached hydrogens (tertiary/aromatic N) is 2. The number of likely N-dealkylation sites (N-methyl/N-ethyl adjacent to an activating group) is 1. The van der Waals surface area contributed by atoms with E-state index in [0.29, 0.717) is 22.2 Å². The summed E-state index contributed by atoms with van der Waals surface area (Å²) in [5, 5.41) is 10.3. The zero-order chi connectivity index (χ0) is 15.2. The van der Waals surface area contributed by atoms with E-state index >= 15 is 0 Å². The van der Waals surface area contributed by atoms with E-state index in [9.17, 15) is 14.9 Å². The van der Waals surface area contributed by atoms with Crippen LogP contribution < -0.4 is 10.5 Å². The van der Waals surface area contributed by atoms with Crippen LogP contribution >= 0.6 is 0 Å². The molecule has 0 saturated carbocycles. The Balaban J connectivity index is 2.39. The summed E-state index contributed by atoms with van der Waals surface area (Å²) < 4.78 is 5.15. The summed E-state index contributed by atoms with van der Waals surface area (Å²) in [6, 6.07) is 8.45. The van der Waals surface area contributed by atoms with Crippen LogP contribution in [0.4, 0.5) is 5.69 Å². The molecule has 21 heavy (non-hydrogen) atoms. The molecule has 1 aromatic heterocycles. The molecule has 5 nitrogen and oxygen atoms in total. The Labute approximate surface area is 120 Å². The fourth-order valence-corrected chi connectivity index (χ4v) is 2.80. The minimum absolute atomic E-state index is 0.211. The number of hydrogen-bond acceptors (Lipinski definition) is 4. The highest BCUT2D eigenvalue weighted by atomic mass is 16.4. The van der Waals surface area contributed by atoms with Crippen LogP contribution in [0.5, 0.6) is 0 Å². The molecule has 0 radical (unpaired) electrons. The lowest BCUT2D eigenvalue weighted by Gasteiger charge is -2.17. The van der Waals surface area contributed by atoms with Crippen LogP contribution in [-0.2, 0) is 10.2 Å². The van der Waals surface area contributed by atoms with Crippen molar-refractivity contribution in [2.24, 2.45) is 0 Å². The van der Waals surface area contributed by atoms with Gasteiger partial charge in [0.2, 0.25) is 0 Å². The minimum Gasteiger partial charge on any atom is -0.423 e. The average Bonchev–Trinajstić information content (AvgIpc) is 2.68. The van der Waals surface area contributed by atoms with E-state index < -0.39 is 11.0 Å². The molecule has 0 spiro atoms. The SMILES string of the molecule is C=CCC1(C#N)C(=O)N(C)c2cc3ccc(=O)oc3cc21. The normalized spacial score (nSPS) is 20.4. The molecule has 2 heterocycles. The number of fused-ring (bicyclic) bond motifs is 2. The topological polar surface area (TPSA) is 74.3 Å². The molecule has 104 valence electrons. The Bertz CT molecular complexity index is 875. The molecule has 0 bridgehead atoms. The van der Waals surface area contributed by atoms with Crippen molar-refractivity contribution < 1.29 is 9.21 Å². The van der Waals surface area contributed by atoms with E-state index in [1.807, 2.05) is 0 Å². The van der Waals surface area contributed by atoms with Crippen molar-refractivity contribution >= 4 is 22.6 Å². The minimum atomic E-state index is -1.30. The molecule has 0 N–H and O–H groups in total. The van der Waals surface area contributed by atoms with Crippen LogP contribution in [0.25, 0.3) is 11.0 Å². The summed E-state index contributed by atoms with van der Waals surface area (Å²) in [6.45, 7) is 3.63. The number of nitriles is 1. The predicted molar refractivity (Wildman–Crippen MR) is 78.0 cm³/mol. The van der Waals surface area contributed by atoms with Gasteiger partial charge in [-0.25, -0.2) is 4.79 Å². The fourth-order valence-electron chi connectivity index (χ4n) is 2.80. The molecule has 2 aromatic rings. The summed E-state index contributed by atoms with van der Waals surface area (Å²) >= 11 is 0. The fraction of sp³-hybridized carbons (Fsp3) is 0.188. The molecular weight excluding hydrogens is 268 g/mol. The third-order valence-corrected chi connectivity index (χ3v) is 3.87. The van der Waals surface area contributed by atoms with Crippen LogP contribution in [0.3, 0.4) is 0 Å². The number of anilines is 1. The summed E-state index contributed by atoms with van der Waals surface area (Å²) in [5.74, 6) is -0.294. The van der Waals surface area contributed by atoms with Crippen LogP contribution in [0.15, 0.2) is 46.1 Å². The van der Waals surface area contributed by atoms with E-state index in [-0.39, 0.29) is 12.3 Å². The van der Waals surface area contributed by atoms with Gasteiger partial charge in [0.05, 0.1) is 6.07 Å². The number of benzene rings is 1. The second kappa shape index (κ2) is 4.32. The van der Waals surface area contributed by atoms with Crippen LogP contribution in [-0.4, -0.2) is 13.0 Å². The van der Waals surface area contributed by atoms with E-state index in [0.717, 1.165) is 0 Å². The third-order valence-electron chi connectivity index (χ3n) is 3.87. The molecule has 0 fully saturated rings. The summed E-state index contributed by atoms with van der Waals surface area (Å²) in [6.07, 6.45) is 1.76. The van der Waals surface area contributed by atoms with Gasteiger partial charge in [-0.1, -0.05) is 6.08 Å². The van der Waals surface area contributed by atoms with Crippen molar-refractivity contribution in [2.45, 2.75) is 11.8 Å². The van der Waals surface area contributed by atoms with Crippen molar-refractivity contribution in [3.05, 3.63) is 52.9 Å². The lowest BCUT2D eigenvalue weighted by molar-refractivity contribution is -0.121. The molecule has 0 aliphatic carbocycles. The summed E-state index contributed by atoms with van der Waals surface area (Å²) in [5.41, 5.74) is -0.183. The van der Waals surface area contributed by atoms with Crippen molar-refractivity contribution in [3.63, 3.8) is 0 Å². The second-order valence-corrected chi connectivity index (χ2v) is 5.04. The predicted octanol–water partition coefficient (Wildman–Crippen LogP) is 2.11. The number of amides is 1. The largest absolute Gasteiger partial charge is 0.423 e. The first-order valence-electron chi connectivity index (χ1n) is 6.42. The van der Waals surface area contributed by atoms with Crippen molar-refractivity contribution in [3.8, 4) is 6.07 Å². The van der Waals surface area contributed by atoms with Gasteiger partial charge < -0.3 is 9.32 Å². The summed E-state index contributed by atoms with van der Waals surface area (Å²) in [4.78, 5) is 25.3. The molecule has 1 aromatic carbocycles. The average molecular weight is 280 g/mol. The Morgan fingerprint density at radius 2 is 2.19 bits per heavy atom. The Kier molecular flexibility index (Phi) is 2.70. The number of carbonyl (C=O) groups is 1. The van der Waals surface area contributed by atoms with E-state index in [1.54, 1.807) is 31.3 Å². The molecule has 5 heteroatoms. The Morgan fingerprint density at radius 3 is 2.86 bits per heavy atom. The molecule has 1 unspecified atom stereocenters. The van der Waals surface area contributed by atoms with Gasteiger partial charge in [0, 0.05) is 29.8 Å². The molecule has 1 atom stereocenters. The van der Waals surface area contributed by atoms with Gasteiger partial charge in [0.15, 0.2) is 5.41 Å². The van der Waals surface area contributed by atoms with Gasteiger partial charge in [-0.3, -0.25) is 4.79 Å². The molecule has 1 amide bonds. The Morgan fingerprint density at radius 1 is 1.43 bits per heavy atom. The standard InChI is InChI=1S/C16H12N2O3/c1-3-6-16(9-17)11-8-13-10(4-5-14(19)21-13)7-12(11)18(2)15(16)20/h3-5,7-8H,1,6H2,2H3. The quantitative estimate of drug-likeness (QED) is 0.623. The molecule has 1 aliphatic rings. The highest BCUT2D eigenvalue weighted by Crippen LogP contribution is 2.44. The van der Waals surface area contributed by atoms with Gasteiger partial charge in [0.25, 0.3) is 5.91 Å². The monoisotopic (exact) mass is 280 g/mol. The second-order valence-electron chi connectivity index (χ2n) is 5.04. The lowest BCUT2D eigenvalue weighted by atomic mass is 9.80. The van der Waals surface area contributed by atoms with Crippen LogP contribution in [0.1, 0.15) is 12.0 Å². The zero-order valence-electron chi connectivity index (χ0n) is 11.4. The maximum Gasteiger partial charge on any atom is 0.336 e. The zero-order valence-corrected chi connectivity index (χ0v) is 11.4. The molecule has 3 rings (SSSR count). The van der Waals surface area contributed by atoms with Gasteiger partial charge in [0.1, 0.15) is 5.58 Å². The molecule has 1 aliphatic heterocycles. The first-order chi connectivity index (χ1) is 10.0. The molecule has 0 saturated heterocycles. The first kappa shape index (κ1) is 13.1. The summed E-state index contributed by atoms with van der Waals surface area (Å²) in [7, 11) is 1.63. The van der Waals surface area contributed by atoms with Gasteiger partial charge in [-0.15, -0.1) is 6.58 Å². The number of hydrogen-bond donors (Lipinski definition) is 0. The number of allylic oxidation sites excluding steroid dienone is 1. The van der Waals surface area contributed by atoms with Crippen LogP contribution in [0, 0.1) is 11.3 Å². The Hall–Kier alpha value is -2.87. The highest BCUT2D eigenvalue weighted by molar-refractivity contribution is 6.11. The maximum absolute atomic E-state index is 12.5. The number of carbonyl (C=O) groups excluding carboxylic acids is 1. The molecular formula is C16H12N2O3. The smallest absolute Gasteiger partial charge is 0.336 e. The van der Waals surface area contributed by atoms with Crippen molar-refractivity contribution in [1.29, 1.82) is 5.26 Å². The van der Waals surface area contributed by atoms with Gasteiger partial charge >= 0.3 is 5.63 Å². The van der Waals surface area contributed by atoms with Crippen molar-refractivity contribution in [1.82, 2.24) is 0 Å². The first-order valence-corrected chi connectivity index (χ1v) is 6.42. The van der Waals surface area contributed by atoms with Crippen molar-refractivity contribution in [2.75, 3.05) is 11.9 Å². The number of rotatable bonds is 2. The lowest BCUT2D eigenvalue weighted by Crippen LogP contribution is -2.37. The van der Waals surface area contributed by atoms with Gasteiger partial charge in [-0.2, -0.15) is 5.26 Å². The highest BCUT2D eigenvalue weighted by Gasteiger charge is 2.49. The van der Waals surface area contributed by atoms with Gasteiger partial charge in [-0.05, 0) is 24.6 Å².